The first-order valence-electron chi connectivity index (χ1n) is 11.2. The number of carbonyl (C=O) groups excluding carboxylic acids is 1. The van der Waals surface area contributed by atoms with Crippen LogP contribution in [0.2, 0.25) is 5.02 Å². The van der Waals surface area contributed by atoms with E-state index < -0.39 is 0 Å². The first-order chi connectivity index (χ1) is 16.1. The lowest BCUT2D eigenvalue weighted by molar-refractivity contribution is -0.121. The molecule has 1 heterocycles. The van der Waals surface area contributed by atoms with Crippen molar-refractivity contribution in [3.05, 3.63) is 114 Å². The molecule has 2 aliphatic rings. The summed E-state index contributed by atoms with van der Waals surface area (Å²) in [5.41, 5.74) is 5.53. The highest BCUT2D eigenvalue weighted by molar-refractivity contribution is 6.30. The normalized spacial score (nSPS) is 15.5. The van der Waals surface area contributed by atoms with Gasteiger partial charge in [-0.3, -0.25) is 4.79 Å². The Labute approximate surface area is 199 Å². The minimum absolute atomic E-state index is 0.0365. The van der Waals surface area contributed by atoms with Crippen LogP contribution in [0.25, 0.3) is 16.8 Å². The number of nitrogens with one attached hydrogen (secondary N) is 1. The fourth-order valence-electron chi connectivity index (χ4n) is 4.18. The van der Waals surface area contributed by atoms with E-state index in [0.29, 0.717) is 17.6 Å². The van der Waals surface area contributed by atoms with E-state index in [-0.39, 0.29) is 12.5 Å². The zero-order chi connectivity index (χ0) is 22.8. The number of hydrogen-bond acceptors (Lipinski definition) is 3. The summed E-state index contributed by atoms with van der Waals surface area (Å²) >= 11 is 6.07. The number of rotatable bonds is 7. The van der Waals surface area contributed by atoms with E-state index in [1.807, 2.05) is 65.7 Å². The van der Waals surface area contributed by atoms with E-state index in [1.54, 1.807) is 0 Å². The van der Waals surface area contributed by atoms with Crippen molar-refractivity contribution in [2.45, 2.75) is 25.4 Å². The standard InChI is InChI=1S/C28H26ClN3O/c1-20-31(18-27(32(20)26-14-15-26)23-10-12-25(29)13-11-23)19-28(33)30-17-21-6-5-9-24(16-21)22-7-3-2-4-8-22/h2-13,16,18,26H,1,14-15,17,19H2,(H,30,33). The summed E-state index contributed by atoms with van der Waals surface area (Å²) in [7, 11) is 0. The summed E-state index contributed by atoms with van der Waals surface area (Å²) in [4.78, 5) is 17.0. The van der Waals surface area contributed by atoms with Crippen LogP contribution in [-0.4, -0.2) is 28.3 Å². The maximum atomic E-state index is 12.8. The summed E-state index contributed by atoms with van der Waals surface area (Å²) in [5.74, 6) is 0.814. The van der Waals surface area contributed by atoms with Crippen LogP contribution in [0.15, 0.2) is 97.5 Å². The number of amides is 1. The van der Waals surface area contributed by atoms with Crippen LogP contribution in [0, 0.1) is 0 Å². The fourth-order valence-corrected chi connectivity index (χ4v) is 4.30. The predicted octanol–water partition coefficient (Wildman–Crippen LogP) is 5.87. The SMILES string of the molecule is C=C1N(CC(=O)NCc2cccc(-c3ccccc3)c2)C=C(c2ccc(Cl)cc2)N1C1CC1. The molecular formula is C28H26ClN3O. The zero-order valence-electron chi connectivity index (χ0n) is 18.4. The van der Waals surface area contributed by atoms with Gasteiger partial charge in [0.25, 0.3) is 0 Å². The average molecular weight is 456 g/mol. The fraction of sp³-hybridized carbons (Fsp3) is 0.179. The zero-order valence-corrected chi connectivity index (χ0v) is 19.1. The molecule has 5 heteroatoms. The number of benzene rings is 3. The van der Waals surface area contributed by atoms with Gasteiger partial charge in [-0.2, -0.15) is 0 Å². The van der Waals surface area contributed by atoms with Gasteiger partial charge in [-0.25, -0.2) is 0 Å². The number of hydrogen-bond donors (Lipinski definition) is 1. The Balaban J connectivity index is 1.25. The van der Waals surface area contributed by atoms with Crippen molar-refractivity contribution in [3.8, 4) is 11.1 Å². The van der Waals surface area contributed by atoms with E-state index in [2.05, 4.69) is 41.1 Å². The van der Waals surface area contributed by atoms with Gasteiger partial charge in [0.15, 0.2) is 0 Å². The second kappa shape index (κ2) is 9.16. The molecule has 0 aromatic heterocycles. The third-order valence-electron chi connectivity index (χ3n) is 6.04. The summed E-state index contributed by atoms with van der Waals surface area (Å²) in [6, 6.07) is 26.8. The molecule has 0 atom stereocenters. The largest absolute Gasteiger partial charge is 0.350 e. The molecule has 1 fully saturated rings. The van der Waals surface area contributed by atoms with Crippen LogP contribution in [0.4, 0.5) is 0 Å². The molecule has 0 spiro atoms. The van der Waals surface area contributed by atoms with Crippen molar-refractivity contribution in [1.29, 1.82) is 0 Å². The van der Waals surface area contributed by atoms with Gasteiger partial charge in [-0.1, -0.05) is 78.8 Å². The molecule has 1 aliphatic carbocycles. The Morgan fingerprint density at radius 1 is 0.939 bits per heavy atom. The molecule has 5 rings (SSSR count). The molecule has 3 aromatic carbocycles. The van der Waals surface area contributed by atoms with Crippen molar-refractivity contribution < 1.29 is 4.79 Å². The minimum Gasteiger partial charge on any atom is -0.350 e. The van der Waals surface area contributed by atoms with E-state index in [1.165, 1.54) is 5.56 Å². The minimum atomic E-state index is -0.0365. The lowest BCUT2D eigenvalue weighted by Gasteiger charge is -2.26. The van der Waals surface area contributed by atoms with E-state index in [9.17, 15) is 4.79 Å². The molecule has 1 saturated carbocycles. The molecule has 3 aromatic rings. The summed E-state index contributed by atoms with van der Waals surface area (Å²) in [5, 5.41) is 3.77. The van der Waals surface area contributed by atoms with Crippen molar-refractivity contribution >= 4 is 23.2 Å². The highest BCUT2D eigenvalue weighted by atomic mass is 35.5. The molecule has 1 amide bonds. The molecule has 0 unspecified atom stereocenters. The second-order valence-electron chi connectivity index (χ2n) is 8.51. The number of halogens is 1. The van der Waals surface area contributed by atoms with Crippen LogP contribution in [0.3, 0.4) is 0 Å². The van der Waals surface area contributed by atoms with Crippen LogP contribution in [-0.2, 0) is 11.3 Å². The van der Waals surface area contributed by atoms with Crippen molar-refractivity contribution in [2.24, 2.45) is 0 Å². The predicted molar refractivity (Wildman–Crippen MR) is 134 cm³/mol. The van der Waals surface area contributed by atoms with Gasteiger partial charge < -0.3 is 15.1 Å². The molecule has 166 valence electrons. The van der Waals surface area contributed by atoms with Gasteiger partial charge in [0, 0.05) is 23.8 Å². The first kappa shape index (κ1) is 21.4. The second-order valence-corrected chi connectivity index (χ2v) is 8.95. The number of carbonyl (C=O) groups is 1. The first-order valence-corrected chi connectivity index (χ1v) is 11.6. The monoisotopic (exact) mass is 455 g/mol. The van der Waals surface area contributed by atoms with Crippen molar-refractivity contribution in [2.75, 3.05) is 6.54 Å². The lowest BCUT2D eigenvalue weighted by Crippen LogP contribution is -2.35. The maximum Gasteiger partial charge on any atom is 0.240 e. The van der Waals surface area contributed by atoms with Crippen LogP contribution >= 0.6 is 11.6 Å². The Kier molecular flexibility index (Phi) is 5.93. The average Bonchev–Trinajstić information content (AvgIpc) is 3.63. The quantitative estimate of drug-likeness (QED) is 0.483. The Morgan fingerprint density at radius 3 is 2.39 bits per heavy atom. The van der Waals surface area contributed by atoms with E-state index >= 15 is 0 Å². The molecule has 4 nitrogen and oxygen atoms in total. The molecular weight excluding hydrogens is 430 g/mol. The van der Waals surface area contributed by atoms with Crippen LogP contribution < -0.4 is 5.32 Å². The molecule has 33 heavy (non-hydrogen) atoms. The Bertz CT molecular complexity index is 1200. The van der Waals surface area contributed by atoms with Gasteiger partial charge in [0.2, 0.25) is 5.91 Å². The third-order valence-corrected chi connectivity index (χ3v) is 6.29. The van der Waals surface area contributed by atoms with Crippen LogP contribution in [0.1, 0.15) is 24.0 Å². The van der Waals surface area contributed by atoms with Gasteiger partial charge in [0.05, 0.1) is 5.70 Å². The molecule has 1 N–H and O–H groups in total. The molecule has 0 bridgehead atoms. The molecule has 0 radical (unpaired) electrons. The molecule has 0 saturated heterocycles. The van der Waals surface area contributed by atoms with Crippen molar-refractivity contribution in [1.82, 2.24) is 15.1 Å². The topological polar surface area (TPSA) is 35.6 Å². The highest BCUT2D eigenvalue weighted by Gasteiger charge is 2.38. The van der Waals surface area contributed by atoms with Gasteiger partial charge >= 0.3 is 0 Å². The third kappa shape index (κ3) is 4.81. The molecule has 1 aliphatic heterocycles. The smallest absolute Gasteiger partial charge is 0.240 e. The lowest BCUT2D eigenvalue weighted by atomic mass is 10.0. The summed E-state index contributed by atoms with van der Waals surface area (Å²) < 4.78 is 0. The number of nitrogens with zero attached hydrogens (tertiary/aromatic N) is 2. The summed E-state index contributed by atoms with van der Waals surface area (Å²) in [6.45, 7) is 5.00. The Morgan fingerprint density at radius 2 is 1.67 bits per heavy atom. The van der Waals surface area contributed by atoms with Gasteiger partial charge in [0.1, 0.15) is 12.4 Å². The van der Waals surface area contributed by atoms with E-state index in [4.69, 9.17) is 11.6 Å². The van der Waals surface area contributed by atoms with Gasteiger partial charge in [-0.15, -0.1) is 0 Å². The highest BCUT2D eigenvalue weighted by Crippen LogP contribution is 2.41. The van der Waals surface area contributed by atoms with E-state index in [0.717, 1.165) is 41.1 Å². The Hall–Kier alpha value is -3.50. The maximum absolute atomic E-state index is 12.8. The van der Waals surface area contributed by atoms with Crippen LogP contribution in [0.5, 0.6) is 0 Å². The van der Waals surface area contributed by atoms with Crippen molar-refractivity contribution in [3.63, 3.8) is 0 Å². The van der Waals surface area contributed by atoms with Gasteiger partial charge in [-0.05, 0) is 53.3 Å². The summed E-state index contributed by atoms with van der Waals surface area (Å²) in [6.07, 6.45) is 4.31.